The van der Waals surface area contributed by atoms with Gasteiger partial charge in [0.2, 0.25) is 0 Å². The van der Waals surface area contributed by atoms with Gasteiger partial charge in [0, 0.05) is 17.7 Å². The van der Waals surface area contributed by atoms with Crippen molar-refractivity contribution in [1.29, 1.82) is 0 Å². The zero-order chi connectivity index (χ0) is 23.8. The Balaban J connectivity index is 1.86. The van der Waals surface area contributed by atoms with Gasteiger partial charge >= 0.3 is 6.47 Å². The highest BCUT2D eigenvalue weighted by Gasteiger charge is 2.16. The van der Waals surface area contributed by atoms with Gasteiger partial charge in [0.05, 0.1) is 12.8 Å². The maximum atomic E-state index is 14.9. The van der Waals surface area contributed by atoms with Gasteiger partial charge in [-0.3, -0.25) is 4.79 Å². The molecule has 3 aromatic rings. The predicted molar refractivity (Wildman–Crippen MR) is 122 cm³/mol. The molecule has 2 aromatic carbocycles. The van der Waals surface area contributed by atoms with Crippen LogP contribution in [-0.4, -0.2) is 36.0 Å². The Morgan fingerprint density at radius 2 is 1.97 bits per heavy atom. The Hall–Kier alpha value is -3.94. The molecule has 0 bridgehead atoms. The van der Waals surface area contributed by atoms with E-state index < -0.39 is 5.82 Å². The highest BCUT2D eigenvalue weighted by molar-refractivity contribution is 5.67. The Bertz CT molecular complexity index is 1160. The van der Waals surface area contributed by atoms with Crippen molar-refractivity contribution in [2.75, 3.05) is 13.2 Å². The van der Waals surface area contributed by atoms with Gasteiger partial charge in [-0.05, 0) is 67.8 Å². The summed E-state index contributed by atoms with van der Waals surface area (Å²) in [5, 5.41) is 13.7. The monoisotopic (exact) mass is 452 g/mol. The molecule has 0 aliphatic heterocycles. The summed E-state index contributed by atoms with van der Waals surface area (Å²) in [6.45, 7) is 6.11. The quantitative estimate of drug-likeness (QED) is 0.207. The molecule has 1 heterocycles. The minimum atomic E-state index is -0.483. The van der Waals surface area contributed by atoms with Crippen LogP contribution in [0.15, 0.2) is 47.6 Å². The van der Waals surface area contributed by atoms with Gasteiger partial charge in [-0.2, -0.15) is 0 Å². The molecule has 0 radical (unpaired) electrons. The molecule has 0 aliphatic rings. The fraction of sp³-hybridized carbons (Fsp3) is 0.240. The SMILES string of the molecule is CCOc1cccc(-c2nc(Cc3c(C)cc(OCC=NOC=O)c(F)c3C)ccc2O)c1. The molecule has 172 valence electrons. The van der Waals surface area contributed by atoms with Gasteiger partial charge in [-0.25, -0.2) is 9.37 Å². The van der Waals surface area contributed by atoms with Crippen molar-refractivity contribution in [3.05, 3.63) is 70.7 Å². The van der Waals surface area contributed by atoms with Crippen LogP contribution in [-0.2, 0) is 16.1 Å². The van der Waals surface area contributed by atoms with Crippen LogP contribution in [0.5, 0.6) is 17.2 Å². The number of aromatic nitrogens is 1. The Kier molecular flexibility index (Phi) is 7.96. The van der Waals surface area contributed by atoms with Gasteiger partial charge in [-0.15, -0.1) is 0 Å². The number of ether oxygens (including phenoxy) is 2. The number of carbonyl (C=O) groups is 1. The summed E-state index contributed by atoms with van der Waals surface area (Å²) >= 11 is 0. The second-order valence-corrected chi connectivity index (χ2v) is 7.22. The van der Waals surface area contributed by atoms with Gasteiger partial charge < -0.3 is 19.4 Å². The Labute approximate surface area is 191 Å². The number of oxime groups is 1. The number of rotatable bonds is 10. The Morgan fingerprint density at radius 3 is 2.73 bits per heavy atom. The maximum absolute atomic E-state index is 14.9. The smallest absolute Gasteiger partial charge is 0.323 e. The van der Waals surface area contributed by atoms with Crippen LogP contribution in [0.3, 0.4) is 0 Å². The second kappa shape index (κ2) is 11.1. The van der Waals surface area contributed by atoms with E-state index in [-0.39, 0.29) is 24.6 Å². The molecule has 0 spiro atoms. The van der Waals surface area contributed by atoms with Gasteiger partial charge in [0.15, 0.2) is 11.6 Å². The number of carbonyl (C=O) groups excluding carboxylic acids is 1. The van der Waals surface area contributed by atoms with Crippen molar-refractivity contribution < 1.29 is 28.6 Å². The molecule has 8 heteroatoms. The molecule has 7 nitrogen and oxygen atoms in total. The number of halogens is 1. The lowest BCUT2D eigenvalue weighted by atomic mass is 9.97. The van der Waals surface area contributed by atoms with Gasteiger partial charge in [-0.1, -0.05) is 17.3 Å². The molecule has 0 aliphatic carbocycles. The summed E-state index contributed by atoms with van der Waals surface area (Å²) in [6, 6.07) is 12.3. The molecule has 0 unspecified atom stereocenters. The largest absolute Gasteiger partial charge is 0.506 e. The third kappa shape index (κ3) is 5.85. The topological polar surface area (TPSA) is 90.2 Å². The van der Waals surface area contributed by atoms with Crippen molar-refractivity contribution in [3.8, 4) is 28.5 Å². The lowest BCUT2D eigenvalue weighted by molar-refractivity contribution is -0.128. The number of aryl methyl sites for hydroxylation is 1. The number of aromatic hydroxyl groups is 1. The van der Waals surface area contributed by atoms with E-state index in [1.165, 1.54) is 6.21 Å². The molecule has 0 saturated heterocycles. The van der Waals surface area contributed by atoms with E-state index in [0.717, 1.165) is 16.7 Å². The highest BCUT2D eigenvalue weighted by Crippen LogP contribution is 2.32. The van der Waals surface area contributed by atoms with Crippen molar-refractivity contribution in [2.45, 2.75) is 27.2 Å². The fourth-order valence-corrected chi connectivity index (χ4v) is 3.45. The molecule has 33 heavy (non-hydrogen) atoms. The summed E-state index contributed by atoms with van der Waals surface area (Å²) in [5.74, 6) is 0.340. The zero-order valence-electron chi connectivity index (χ0n) is 18.7. The molecule has 0 fully saturated rings. The molecule has 0 amide bonds. The number of pyridine rings is 1. The first-order valence-electron chi connectivity index (χ1n) is 10.4. The van der Waals surface area contributed by atoms with Crippen LogP contribution in [0.25, 0.3) is 11.3 Å². The minimum Gasteiger partial charge on any atom is -0.506 e. The molecular formula is C25H25FN2O5. The van der Waals surface area contributed by atoms with E-state index >= 15 is 0 Å². The number of nitrogens with zero attached hydrogens (tertiary/aromatic N) is 2. The summed E-state index contributed by atoms with van der Waals surface area (Å²) < 4.78 is 25.9. The minimum absolute atomic E-state index is 0.0489. The van der Waals surface area contributed by atoms with Crippen molar-refractivity contribution >= 4 is 12.7 Å². The van der Waals surface area contributed by atoms with Crippen LogP contribution in [0.4, 0.5) is 4.39 Å². The lowest BCUT2D eigenvalue weighted by Crippen LogP contribution is -2.06. The standard InChI is InChI=1S/C25H25FN2O5/c1-4-31-20-7-5-6-18(13-20)25-22(30)9-8-19(28-25)14-21-16(2)12-23(24(26)17(21)3)32-11-10-27-33-15-29/h5-10,12-13,15,30H,4,11,14H2,1-3H3. The summed E-state index contributed by atoms with van der Waals surface area (Å²) in [5.41, 5.74) is 3.90. The van der Waals surface area contributed by atoms with Gasteiger partial charge in [0.25, 0.3) is 0 Å². The average molecular weight is 452 g/mol. The fourth-order valence-electron chi connectivity index (χ4n) is 3.45. The van der Waals surface area contributed by atoms with Crippen molar-refractivity contribution in [2.24, 2.45) is 5.16 Å². The average Bonchev–Trinajstić information content (AvgIpc) is 2.81. The molecular weight excluding hydrogens is 427 g/mol. The number of hydrogen-bond donors (Lipinski definition) is 1. The Morgan fingerprint density at radius 1 is 1.15 bits per heavy atom. The van der Waals surface area contributed by atoms with Crippen LogP contribution in [0.1, 0.15) is 29.3 Å². The van der Waals surface area contributed by atoms with Crippen LogP contribution < -0.4 is 9.47 Å². The first kappa shape index (κ1) is 23.7. The maximum Gasteiger partial charge on any atom is 0.323 e. The van der Waals surface area contributed by atoms with E-state index in [1.807, 2.05) is 38.1 Å². The molecule has 1 aromatic heterocycles. The first-order chi connectivity index (χ1) is 15.9. The van der Waals surface area contributed by atoms with E-state index in [0.29, 0.717) is 35.7 Å². The molecule has 0 atom stereocenters. The number of hydrogen-bond acceptors (Lipinski definition) is 7. The number of benzene rings is 2. The van der Waals surface area contributed by atoms with Crippen molar-refractivity contribution in [1.82, 2.24) is 4.98 Å². The molecule has 0 saturated carbocycles. The van der Waals surface area contributed by atoms with Crippen LogP contribution in [0, 0.1) is 19.7 Å². The highest BCUT2D eigenvalue weighted by atomic mass is 19.1. The zero-order valence-corrected chi connectivity index (χ0v) is 18.7. The third-order valence-corrected chi connectivity index (χ3v) is 5.02. The lowest BCUT2D eigenvalue weighted by Gasteiger charge is -2.15. The molecule has 1 N–H and O–H groups in total. The first-order valence-corrected chi connectivity index (χ1v) is 10.4. The van der Waals surface area contributed by atoms with E-state index in [4.69, 9.17) is 9.47 Å². The van der Waals surface area contributed by atoms with Gasteiger partial charge in [0.1, 0.15) is 23.8 Å². The summed E-state index contributed by atoms with van der Waals surface area (Å²) in [6.07, 6.45) is 1.59. The second-order valence-electron chi connectivity index (χ2n) is 7.22. The van der Waals surface area contributed by atoms with E-state index in [9.17, 15) is 14.3 Å². The van der Waals surface area contributed by atoms with Crippen LogP contribution >= 0.6 is 0 Å². The summed E-state index contributed by atoms with van der Waals surface area (Å²) in [7, 11) is 0. The predicted octanol–water partition coefficient (Wildman–Crippen LogP) is 4.74. The van der Waals surface area contributed by atoms with Crippen LogP contribution in [0.2, 0.25) is 0 Å². The van der Waals surface area contributed by atoms with E-state index in [1.54, 1.807) is 25.1 Å². The van der Waals surface area contributed by atoms with E-state index in [2.05, 4.69) is 15.0 Å². The van der Waals surface area contributed by atoms with Crippen molar-refractivity contribution in [3.63, 3.8) is 0 Å². The third-order valence-electron chi connectivity index (χ3n) is 5.02. The summed E-state index contributed by atoms with van der Waals surface area (Å²) in [4.78, 5) is 18.9. The normalized spacial score (nSPS) is 10.9. The molecule has 3 rings (SSSR count).